The van der Waals surface area contributed by atoms with Gasteiger partial charge in [-0.05, 0) is 89.0 Å². The van der Waals surface area contributed by atoms with Gasteiger partial charge in [0.1, 0.15) is 0 Å². The SMILES string of the molecule is c1ccc(-c2cccc(-c3ccc4sc5cccc(-n6c7ccccc7c7cc(-n8c9ccccc9c9ccccc98)ccc76)c5c4c3)c2)cc1. The third kappa shape index (κ3) is 4.29. The zero-order valence-corrected chi connectivity index (χ0v) is 28.4. The van der Waals surface area contributed by atoms with E-state index in [2.05, 4.69) is 191 Å². The molecule has 0 spiro atoms. The summed E-state index contributed by atoms with van der Waals surface area (Å²) >= 11 is 1.87. The highest BCUT2D eigenvalue weighted by atomic mass is 32.1. The maximum absolute atomic E-state index is 2.48. The van der Waals surface area contributed by atoms with Crippen molar-refractivity contribution in [2.24, 2.45) is 0 Å². The van der Waals surface area contributed by atoms with E-state index in [9.17, 15) is 0 Å². The number of para-hydroxylation sites is 3. The molecular formula is C48H30N2S. The van der Waals surface area contributed by atoms with Crippen LogP contribution in [0.5, 0.6) is 0 Å². The Hall–Kier alpha value is -6.42. The predicted molar refractivity (Wildman–Crippen MR) is 219 cm³/mol. The first-order valence-corrected chi connectivity index (χ1v) is 18.3. The second-order valence-corrected chi connectivity index (χ2v) is 14.4. The Morgan fingerprint density at radius 2 is 0.882 bits per heavy atom. The lowest BCUT2D eigenvalue weighted by atomic mass is 9.98. The van der Waals surface area contributed by atoms with E-state index < -0.39 is 0 Å². The molecule has 0 bridgehead atoms. The number of hydrogen-bond acceptors (Lipinski definition) is 1. The summed E-state index contributed by atoms with van der Waals surface area (Å²) in [4.78, 5) is 0. The van der Waals surface area contributed by atoms with E-state index in [0.29, 0.717) is 0 Å². The molecule has 2 nitrogen and oxygen atoms in total. The fraction of sp³-hybridized carbons (Fsp3) is 0. The molecular weight excluding hydrogens is 637 g/mol. The first-order chi connectivity index (χ1) is 25.3. The molecule has 11 rings (SSSR count). The summed E-state index contributed by atoms with van der Waals surface area (Å²) in [6.07, 6.45) is 0. The highest BCUT2D eigenvalue weighted by Crippen LogP contribution is 2.43. The molecule has 3 heterocycles. The van der Waals surface area contributed by atoms with Crippen LogP contribution in [-0.2, 0) is 0 Å². The molecule has 0 aliphatic rings. The van der Waals surface area contributed by atoms with E-state index in [1.165, 1.54) is 97.4 Å². The molecule has 0 saturated carbocycles. The number of thiophene rings is 1. The number of aromatic nitrogens is 2. The number of nitrogens with zero attached hydrogens (tertiary/aromatic N) is 2. The molecule has 0 aliphatic heterocycles. The van der Waals surface area contributed by atoms with Crippen LogP contribution in [0.1, 0.15) is 0 Å². The normalized spacial score (nSPS) is 11.9. The van der Waals surface area contributed by atoms with E-state index in [1.54, 1.807) is 0 Å². The van der Waals surface area contributed by atoms with E-state index in [0.717, 1.165) is 0 Å². The number of hydrogen-bond donors (Lipinski definition) is 0. The zero-order chi connectivity index (χ0) is 33.5. The Bertz CT molecular complexity index is 3090. The Kier molecular flexibility index (Phi) is 6.16. The Labute approximate surface area is 298 Å². The van der Waals surface area contributed by atoms with Crippen molar-refractivity contribution in [2.75, 3.05) is 0 Å². The topological polar surface area (TPSA) is 9.86 Å². The average molecular weight is 667 g/mol. The molecule has 0 atom stereocenters. The van der Waals surface area contributed by atoms with E-state index in [-0.39, 0.29) is 0 Å². The largest absolute Gasteiger partial charge is 0.309 e. The van der Waals surface area contributed by atoms with Gasteiger partial charge < -0.3 is 9.13 Å². The molecule has 0 fully saturated rings. The quantitative estimate of drug-likeness (QED) is 0.177. The highest BCUT2D eigenvalue weighted by Gasteiger charge is 2.19. The second-order valence-electron chi connectivity index (χ2n) is 13.3. The van der Waals surface area contributed by atoms with Crippen LogP contribution >= 0.6 is 11.3 Å². The van der Waals surface area contributed by atoms with Gasteiger partial charge in [0, 0.05) is 47.4 Å². The van der Waals surface area contributed by atoms with Crippen LogP contribution in [0.2, 0.25) is 0 Å². The van der Waals surface area contributed by atoms with Crippen LogP contribution in [-0.4, -0.2) is 9.13 Å². The van der Waals surface area contributed by atoms with Crippen LogP contribution < -0.4 is 0 Å². The summed E-state index contributed by atoms with van der Waals surface area (Å²) in [6, 6.07) is 66.6. The summed E-state index contributed by atoms with van der Waals surface area (Å²) in [7, 11) is 0. The molecule has 238 valence electrons. The zero-order valence-electron chi connectivity index (χ0n) is 27.6. The minimum absolute atomic E-state index is 1.17. The van der Waals surface area contributed by atoms with Crippen LogP contribution in [0.3, 0.4) is 0 Å². The van der Waals surface area contributed by atoms with Crippen molar-refractivity contribution >= 4 is 75.1 Å². The van der Waals surface area contributed by atoms with E-state index >= 15 is 0 Å². The van der Waals surface area contributed by atoms with Gasteiger partial charge in [-0.1, -0.05) is 115 Å². The standard InChI is InChI=1S/C48H30N2S/c1-2-12-31(13-3-1)32-14-10-15-33(28-32)34-24-27-46-40(29-34)48-45(22-11-23-47(48)51-46)50-43-21-9-6-18-38(43)39-30-35(25-26-44(39)50)49-41-19-7-4-16-36(41)37-17-5-8-20-42(37)49/h1-30H. The van der Waals surface area contributed by atoms with Crippen molar-refractivity contribution in [1.29, 1.82) is 0 Å². The molecule has 0 N–H and O–H groups in total. The summed E-state index contributed by atoms with van der Waals surface area (Å²) in [5.74, 6) is 0. The molecule has 0 saturated heterocycles. The van der Waals surface area contributed by atoms with Gasteiger partial charge in [-0.3, -0.25) is 0 Å². The average Bonchev–Trinajstić information content (AvgIpc) is 3.85. The molecule has 11 aromatic rings. The summed E-state index contributed by atoms with van der Waals surface area (Å²) in [5, 5.41) is 7.65. The van der Waals surface area contributed by atoms with Crippen LogP contribution in [0.25, 0.3) is 97.4 Å². The monoisotopic (exact) mass is 666 g/mol. The first-order valence-electron chi connectivity index (χ1n) is 17.4. The minimum atomic E-state index is 1.17. The lowest BCUT2D eigenvalue weighted by molar-refractivity contribution is 1.17. The van der Waals surface area contributed by atoms with Gasteiger partial charge >= 0.3 is 0 Å². The number of fused-ring (bicyclic) bond motifs is 9. The molecule has 0 unspecified atom stereocenters. The van der Waals surface area contributed by atoms with Crippen molar-refractivity contribution in [2.45, 2.75) is 0 Å². The Morgan fingerprint density at radius 3 is 1.63 bits per heavy atom. The van der Waals surface area contributed by atoms with Crippen molar-refractivity contribution in [3.05, 3.63) is 182 Å². The fourth-order valence-electron chi connectivity index (χ4n) is 8.24. The van der Waals surface area contributed by atoms with E-state index in [4.69, 9.17) is 0 Å². The van der Waals surface area contributed by atoms with Gasteiger partial charge in [-0.2, -0.15) is 0 Å². The van der Waals surface area contributed by atoms with Gasteiger partial charge in [0.2, 0.25) is 0 Å². The summed E-state index contributed by atoms with van der Waals surface area (Å²) in [6.45, 7) is 0. The summed E-state index contributed by atoms with van der Waals surface area (Å²) < 4.78 is 7.50. The van der Waals surface area contributed by atoms with Crippen molar-refractivity contribution < 1.29 is 0 Å². The smallest absolute Gasteiger partial charge is 0.0555 e. The molecule has 0 radical (unpaired) electrons. The molecule has 3 heteroatoms. The van der Waals surface area contributed by atoms with Gasteiger partial charge in [0.25, 0.3) is 0 Å². The molecule has 51 heavy (non-hydrogen) atoms. The minimum Gasteiger partial charge on any atom is -0.309 e. The fourth-order valence-corrected chi connectivity index (χ4v) is 9.35. The van der Waals surface area contributed by atoms with Gasteiger partial charge in [0.05, 0.1) is 27.8 Å². The Balaban J connectivity index is 1.14. The van der Waals surface area contributed by atoms with Crippen molar-refractivity contribution in [1.82, 2.24) is 9.13 Å². The Morgan fingerprint density at radius 1 is 0.314 bits per heavy atom. The molecule has 0 aliphatic carbocycles. The molecule has 0 amide bonds. The lowest BCUT2D eigenvalue weighted by Crippen LogP contribution is -1.96. The van der Waals surface area contributed by atoms with E-state index in [1.807, 2.05) is 11.3 Å². The third-order valence-corrected chi connectivity index (χ3v) is 11.6. The summed E-state index contributed by atoms with van der Waals surface area (Å²) in [5.41, 5.74) is 12.2. The third-order valence-electron chi connectivity index (χ3n) is 10.5. The van der Waals surface area contributed by atoms with Crippen LogP contribution in [0, 0.1) is 0 Å². The lowest BCUT2D eigenvalue weighted by Gasteiger charge is -2.12. The van der Waals surface area contributed by atoms with Crippen LogP contribution in [0.4, 0.5) is 0 Å². The van der Waals surface area contributed by atoms with Crippen LogP contribution in [0.15, 0.2) is 182 Å². The van der Waals surface area contributed by atoms with Gasteiger partial charge in [-0.15, -0.1) is 11.3 Å². The highest BCUT2D eigenvalue weighted by molar-refractivity contribution is 7.25. The number of rotatable bonds is 4. The maximum Gasteiger partial charge on any atom is 0.0555 e. The van der Waals surface area contributed by atoms with Crippen molar-refractivity contribution in [3.63, 3.8) is 0 Å². The van der Waals surface area contributed by atoms with Gasteiger partial charge in [0.15, 0.2) is 0 Å². The number of benzene rings is 8. The second kappa shape index (κ2) is 11.0. The maximum atomic E-state index is 2.48. The predicted octanol–water partition coefficient (Wildman–Crippen LogP) is 13.6. The first kappa shape index (κ1) is 28.4. The van der Waals surface area contributed by atoms with Gasteiger partial charge in [-0.25, -0.2) is 0 Å². The van der Waals surface area contributed by atoms with Crippen molar-refractivity contribution in [3.8, 4) is 33.6 Å². The molecule has 8 aromatic carbocycles. The molecule has 3 aromatic heterocycles.